The first kappa shape index (κ1) is 43.0. The van der Waals surface area contributed by atoms with Crippen molar-refractivity contribution in [2.75, 3.05) is 42.3 Å². The van der Waals surface area contributed by atoms with Crippen molar-refractivity contribution in [3.8, 4) is 0 Å². The molecule has 0 rings (SSSR count). The predicted octanol–water partition coefficient (Wildman–Crippen LogP) is 6.28. The van der Waals surface area contributed by atoms with Gasteiger partial charge in [0.2, 0.25) is 0 Å². The molecule has 0 aliphatic rings. The van der Waals surface area contributed by atoms with Crippen molar-refractivity contribution < 1.29 is 32.7 Å². The van der Waals surface area contributed by atoms with Crippen molar-refractivity contribution >= 4 is 17.9 Å². The summed E-state index contributed by atoms with van der Waals surface area (Å²) in [7, 11) is 11.8. The molecule has 0 spiro atoms. The molecule has 0 radical (unpaired) electrons. The molecule has 0 fully saturated rings. The number of hydrogen-bond acceptors (Lipinski definition) is 3. The predicted molar refractivity (Wildman–Crippen MR) is 164 cm³/mol. The van der Waals surface area contributed by atoms with Crippen LogP contribution in [0, 0.1) is 0 Å². The summed E-state index contributed by atoms with van der Waals surface area (Å²) in [6.07, 6.45) is 0. The summed E-state index contributed by atoms with van der Waals surface area (Å²) in [4.78, 5) is 19.0. The van der Waals surface area contributed by atoms with Gasteiger partial charge in [-0.15, -0.1) is 0 Å². The van der Waals surface area contributed by atoms with E-state index in [-0.39, 0.29) is 32.7 Å². The van der Waals surface area contributed by atoms with Gasteiger partial charge in [-0.05, 0) is 78.5 Å². The molecular formula is C27H60N9Y. The van der Waals surface area contributed by atoms with Crippen LogP contribution in [0.15, 0.2) is 15.0 Å². The second-order valence-corrected chi connectivity index (χ2v) is 10.9. The van der Waals surface area contributed by atoms with E-state index in [9.17, 15) is 0 Å². The molecular weight excluding hydrogens is 539 g/mol. The van der Waals surface area contributed by atoms with E-state index in [0.717, 1.165) is 17.9 Å². The molecule has 0 atom stereocenters. The van der Waals surface area contributed by atoms with Crippen LogP contribution in [0.4, 0.5) is 0 Å². The minimum Gasteiger partial charge on any atom is -0.432 e. The fraction of sp³-hybridized carbons (Fsp3) is 0.889. The molecule has 10 heteroatoms. The van der Waals surface area contributed by atoms with Crippen molar-refractivity contribution in [2.45, 2.75) is 119 Å². The fourth-order valence-corrected chi connectivity index (χ4v) is 2.18. The monoisotopic (exact) mass is 599 g/mol. The summed E-state index contributed by atoms with van der Waals surface area (Å²) in [5.41, 5.74) is 0. The van der Waals surface area contributed by atoms with Crippen LogP contribution >= 0.6 is 0 Å². The molecule has 0 aliphatic heterocycles. The van der Waals surface area contributed by atoms with Gasteiger partial charge < -0.3 is 45.6 Å². The van der Waals surface area contributed by atoms with Gasteiger partial charge in [0.25, 0.3) is 0 Å². The minimum atomic E-state index is 0. The van der Waals surface area contributed by atoms with E-state index in [0.29, 0.717) is 36.3 Å². The third-order valence-corrected chi connectivity index (χ3v) is 3.44. The van der Waals surface area contributed by atoms with Gasteiger partial charge >= 0.3 is 32.7 Å². The van der Waals surface area contributed by atoms with Crippen LogP contribution in [0.5, 0.6) is 0 Å². The average molecular weight is 600 g/mol. The quantitative estimate of drug-likeness (QED) is 0.266. The van der Waals surface area contributed by atoms with Gasteiger partial charge in [-0.1, -0.05) is 83.1 Å². The summed E-state index contributed by atoms with van der Waals surface area (Å²) in [5, 5.41) is 13.2. The second kappa shape index (κ2) is 24.0. The molecule has 0 aromatic carbocycles. The number of aliphatic imine (C=N–C) groups is 3. The van der Waals surface area contributed by atoms with E-state index in [4.69, 9.17) is 0 Å². The first-order chi connectivity index (χ1) is 16.3. The van der Waals surface area contributed by atoms with E-state index in [1.807, 2.05) is 57.0 Å². The Morgan fingerprint density at radius 3 is 0.649 bits per heavy atom. The molecule has 0 unspecified atom stereocenters. The SMILES string of the molecule is CC(C)N=C([N-]C(C)C)N(C)C.CC(C)N=C([N-]C(C)C)N(C)C.CC(C)N=C([N-]C(C)C)N(C)C.[Y+3]. The fourth-order valence-electron chi connectivity index (χ4n) is 2.18. The Morgan fingerprint density at radius 2 is 0.568 bits per heavy atom. The Hall–Kier alpha value is -1.09. The molecule has 0 aliphatic carbocycles. The zero-order chi connectivity index (χ0) is 29.2. The van der Waals surface area contributed by atoms with Gasteiger partial charge in [0, 0.05) is 17.9 Å². The normalized spacial score (nSPS) is 12.2. The van der Waals surface area contributed by atoms with Crippen LogP contribution in [0.2, 0.25) is 0 Å². The van der Waals surface area contributed by atoms with Crippen LogP contribution in [-0.2, 0) is 32.7 Å². The molecule has 0 saturated carbocycles. The largest absolute Gasteiger partial charge is 3.00 e. The zero-order valence-corrected chi connectivity index (χ0v) is 30.4. The van der Waals surface area contributed by atoms with Crippen LogP contribution in [0.1, 0.15) is 83.1 Å². The first-order valence-electron chi connectivity index (χ1n) is 13.2. The summed E-state index contributed by atoms with van der Waals surface area (Å²) in [6, 6.07) is 1.86. The molecule has 0 aromatic rings. The summed E-state index contributed by atoms with van der Waals surface area (Å²) >= 11 is 0. The molecule has 0 saturated heterocycles. The average Bonchev–Trinajstić information content (AvgIpc) is 2.65. The Bertz CT molecular complexity index is 536. The van der Waals surface area contributed by atoms with E-state index in [1.165, 1.54) is 0 Å². The maximum absolute atomic E-state index is 4.39. The Kier molecular flexibility index (Phi) is 27.9. The zero-order valence-electron chi connectivity index (χ0n) is 27.6. The standard InChI is InChI=1S/3C9H20N3.Y/c3*1-7(2)10-9(12(5)6)11-8(3)4;/h3*7-8H,1-6H3;/q3*-1;+3. The Morgan fingerprint density at radius 1 is 0.405 bits per heavy atom. The van der Waals surface area contributed by atoms with Crippen LogP contribution < -0.4 is 0 Å². The van der Waals surface area contributed by atoms with Crippen molar-refractivity contribution in [1.29, 1.82) is 0 Å². The van der Waals surface area contributed by atoms with Crippen LogP contribution in [0.3, 0.4) is 0 Å². The Labute approximate surface area is 256 Å². The van der Waals surface area contributed by atoms with Crippen LogP contribution in [0.25, 0.3) is 16.0 Å². The van der Waals surface area contributed by atoms with Gasteiger partial charge in [0.1, 0.15) is 0 Å². The third-order valence-electron chi connectivity index (χ3n) is 3.44. The van der Waals surface area contributed by atoms with Gasteiger partial charge in [-0.2, -0.15) is 0 Å². The molecule has 0 aromatic heterocycles. The van der Waals surface area contributed by atoms with Gasteiger partial charge in [0.15, 0.2) is 0 Å². The topological polar surface area (TPSA) is 89.1 Å². The molecule has 37 heavy (non-hydrogen) atoms. The summed E-state index contributed by atoms with van der Waals surface area (Å²) in [6.45, 7) is 24.7. The van der Waals surface area contributed by atoms with E-state index >= 15 is 0 Å². The number of rotatable bonds is 6. The number of nitrogens with zero attached hydrogens (tertiary/aromatic N) is 9. The Balaban J connectivity index is -0.000000218. The van der Waals surface area contributed by atoms with Crippen LogP contribution in [-0.4, -0.2) is 111 Å². The maximum Gasteiger partial charge on any atom is 3.00 e. The molecule has 9 nitrogen and oxygen atoms in total. The molecule has 0 bridgehead atoms. The van der Waals surface area contributed by atoms with Crippen molar-refractivity contribution in [3.05, 3.63) is 16.0 Å². The number of guanidine groups is 3. The molecule has 0 N–H and O–H groups in total. The smallest absolute Gasteiger partial charge is 0.432 e. The van der Waals surface area contributed by atoms with E-state index in [2.05, 4.69) is 114 Å². The molecule has 0 heterocycles. The second-order valence-electron chi connectivity index (χ2n) is 10.9. The van der Waals surface area contributed by atoms with Gasteiger partial charge in [-0.25, -0.2) is 0 Å². The first-order valence-corrected chi connectivity index (χ1v) is 13.2. The molecule has 216 valence electrons. The van der Waals surface area contributed by atoms with Gasteiger partial charge in [-0.3, -0.25) is 0 Å². The van der Waals surface area contributed by atoms with Gasteiger partial charge in [0.05, 0.1) is 0 Å². The number of hydrogen-bond donors (Lipinski definition) is 0. The van der Waals surface area contributed by atoms with Crippen molar-refractivity contribution in [1.82, 2.24) is 14.7 Å². The molecule has 0 amide bonds. The van der Waals surface area contributed by atoms with Crippen molar-refractivity contribution in [2.24, 2.45) is 15.0 Å². The van der Waals surface area contributed by atoms with E-state index < -0.39 is 0 Å². The summed E-state index contributed by atoms with van der Waals surface area (Å²) in [5.74, 6) is 2.50. The maximum atomic E-state index is 4.39. The van der Waals surface area contributed by atoms with E-state index in [1.54, 1.807) is 0 Å². The summed E-state index contributed by atoms with van der Waals surface area (Å²) < 4.78 is 0. The minimum absolute atomic E-state index is 0. The third kappa shape index (κ3) is 31.0. The van der Waals surface area contributed by atoms with Crippen molar-refractivity contribution in [3.63, 3.8) is 0 Å².